The number of aromatic carboxylic acids is 1. The summed E-state index contributed by atoms with van der Waals surface area (Å²) in [6.45, 7) is -0.266. The van der Waals surface area contributed by atoms with E-state index in [0.29, 0.717) is 0 Å². The van der Waals surface area contributed by atoms with E-state index in [4.69, 9.17) is 5.11 Å². The van der Waals surface area contributed by atoms with E-state index in [9.17, 15) is 18.8 Å². The lowest BCUT2D eigenvalue weighted by molar-refractivity contribution is -0.140. The van der Waals surface area contributed by atoms with Crippen molar-refractivity contribution in [3.8, 4) is 0 Å². The number of nitrogens with one attached hydrogen (secondary N) is 1. The molecule has 20 heavy (non-hydrogen) atoms. The van der Waals surface area contributed by atoms with Crippen LogP contribution in [0, 0.1) is 5.82 Å². The number of halogens is 1. The molecule has 8 heteroatoms. The Balaban J connectivity index is 2.73. The van der Waals surface area contributed by atoms with Crippen molar-refractivity contribution in [2.24, 2.45) is 0 Å². The molecule has 1 aromatic carbocycles. The molecule has 0 saturated heterocycles. The number of amides is 2. The Morgan fingerprint density at radius 1 is 1.40 bits per heavy atom. The molecule has 0 unspecified atom stereocenters. The molecule has 0 aliphatic carbocycles. The topological polar surface area (TPSA) is 95.9 Å². The lowest BCUT2D eigenvalue weighted by Gasteiger charge is -2.16. The zero-order valence-corrected chi connectivity index (χ0v) is 10.8. The van der Waals surface area contributed by atoms with Gasteiger partial charge in [-0.1, -0.05) is 0 Å². The maximum atomic E-state index is 13.4. The maximum Gasteiger partial charge on any atom is 0.338 e. The van der Waals surface area contributed by atoms with Crippen LogP contribution >= 0.6 is 0 Å². The van der Waals surface area contributed by atoms with Gasteiger partial charge in [-0.15, -0.1) is 0 Å². The van der Waals surface area contributed by atoms with E-state index < -0.39 is 29.4 Å². The van der Waals surface area contributed by atoms with Crippen LogP contribution in [0.15, 0.2) is 18.2 Å². The van der Waals surface area contributed by atoms with Gasteiger partial charge in [0.05, 0.1) is 12.7 Å². The molecule has 0 aliphatic rings. The first-order chi connectivity index (χ1) is 9.35. The number of urea groups is 1. The van der Waals surface area contributed by atoms with Crippen LogP contribution in [0.5, 0.6) is 0 Å². The molecule has 0 radical (unpaired) electrons. The lowest BCUT2D eigenvalue weighted by Crippen LogP contribution is -2.35. The number of methoxy groups -OCH3 is 1. The molecule has 7 nitrogen and oxygen atoms in total. The number of rotatable bonds is 4. The quantitative estimate of drug-likeness (QED) is 0.809. The minimum Gasteiger partial charge on any atom is -0.478 e. The van der Waals surface area contributed by atoms with Crippen LogP contribution in [0.2, 0.25) is 0 Å². The van der Waals surface area contributed by atoms with E-state index in [1.807, 2.05) is 0 Å². The zero-order chi connectivity index (χ0) is 15.3. The third-order valence-corrected chi connectivity index (χ3v) is 2.39. The van der Waals surface area contributed by atoms with Gasteiger partial charge in [0.15, 0.2) is 0 Å². The highest BCUT2D eigenvalue weighted by atomic mass is 19.1. The van der Waals surface area contributed by atoms with Crippen molar-refractivity contribution in [2.45, 2.75) is 0 Å². The molecule has 1 aromatic rings. The standard InChI is InChI=1S/C12H13FN2O5/c1-15(6-10(16)20-2)12(19)14-7-3-4-8(11(17)18)9(13)5-7/h3-5H,6H2,1-2H3,(H,14,19)(H,17,18). The summed E-state index contributed by atoms with van der Waals surface area (Å²) in [5.41, 5.74) is -0.417. The molecule has 0 fully saturated rings. The Morgan fingerprint density at radius 2 is 2.05 bits per heavy atom. The number of carbonyl (C=O) groups is 3. The van der Waals surface area contributed by atoms with Gasteiger partial charge in [0.2, 0.25) is 0 Å². The monoisotopic (exact) mass is 284 g/mol. The van der Waals surface area contributed by atoms with Gasteiger partial charge in [0.25, 0.3) is 0 Å². The van der Waals surface area contributed by atoms with E-state index in [-0.39, 0.29) is 12.2 Å². The van der Waals surface area contributed by atoms with Crippen LogP contribution in [0.3, 0.4) is 0 Å². The van der Waals surface area contributed by atoms with E-state index in [1.165, 1.54) is 20.2 Å². The van der Waals surface area contributed by atoms with Crippen LogP contribution in [-0.4, -0.2) is 48.7 Å². The first-order valence-corrected chi connectivity index (χ1v) is 5.47. The normalized spacial score (nSPS) is 9.75. The Bertz CT molecular complexity index is 547. The number of likely N-dealkylation sites (N-methyl/N-ethyl adjacent to an activating group) is 1. The fourth-order valence-electron chi connectivity index (χ4n) is 1.32. The van der Waals surface area contributed by atoms with Crippen molar-refractivity contribution in [2.75, 3.05) is 26.0 Å². The van der Waals surface area contributed by atoms with Crippen molar-refractivity contribution in [1.82, 2.24) is 4.90 Å². The summed E-state index contributed by atoms with van der Waals surface area (Å²) in [6.07, 6.45) is 0. The molecule has 2 N–H and O–H groups in total. The second-order valence-electron chi connectivity index (χ2n) is 3.86. The third kappa shape index (κ3) is 3.94. The summed E-state index contributed by atoms with van der Waals surface area (Å²) in [7, 11) is 2.54. The van der Waals surface area contributed by atoms with E-state index in [2.05, 4.69) is 10.1 Å². The number of benzene rings is 1. The van der Waals surface area contributed by atoms with E-state index in [1.54, 1.807) is 0 Å². The third-order valence-electron chi connectivity index (χ3n) is 2.39. The van der Waals surface area contributed by atoms with E-state index >= 15 is 0 Å². The van der Waals surface area contributed by atoms with Crippen LogP contribution in [0.1, 0.15) is 10.4 Å². The second kappa shape index (κ2) is 6.50. The van der Waals surface area contributed by atoms with Crippen LogP contribution in [-0.2, 0) is 9.53 Å². The predicted octanol–water partition coefficient (Wildman–Crippen LogP) is 1.16. The molecule has 0 atom stereocenters. The molecule has 0 aromatic heterocycles. The highest BCUT2D eigenvalue weighted by Gasteiger charge is 2.15. The second-order valence-corrected chi connectivity index (χ2v) is 3.86. The summed E-state index contributed by atoms with van der Waals surface area (Å²) in [5.74, 6) is -2.97. The van der Waals surface area contributed by atoms with Crippen molar-refractivity contribution in [3.05, 3.63) is 29.6 Å². The fourth-order valence-corrected chi connectivity index (χ4v) is 1.32. The highest BCUT2D eigenvalue weighted by molar-refractivity contribution is 5.93. The smallest absolute Gasteiger partial charge is 0.338 e. The molecule has 0 spiro atoms. The molecule has 0 aliphatic heterocycles. The maximum absolute atomic E-state index is 13.4. The van der Waals surface area contributed by atoms with Crippen LogP contribution in [0.25, 0.3) is 0 Å². The van der Waals surface area contributed by atoms with Gasteiger partial charge in [0, 0.05) is 12.7 Å². The number of carboxylic acid groups (broad SMARTS) is 1. The van der Waals surface area contributed by atoms with Crippen LogP contribution in [0.4, 0.5) is 14.9 Å². The molecule has 0 heterocycles. The van der Waals surface area contributed by atoms with E-state index in [0.717, 1.165) is 17.0 Å². The summed E-state index contributed by atoms with van der Waals surface area (Å²) < 4.78 is 17.8. The minimum absolute atomic E-state index is 0.0780. The average molecular weight is 284 g/mol. The van der Waals surface area contributed by atoms with Crippen molar-refractivity contribution < 1.29 is 28.6 Å². The van der Waals surface area contributed by atoms with Gasteiger partial charge >= 0.3 is 18.0 Å². The number of carbonyl (C=O) groups excluding carboxylic acids is 2. The molecule has 0 bridgehead atoms. The number of ether oxygens (including phenoxy) is 1. The predicted molar refractivity (Wildman–Crippen MR) is 67.0 cm³/mol. The molecule has 108 valence electrons. The minimum atomic E-state index is -1.40. The summed E-state index contributed by atoms with van der Waals surface area (Å²) in [6, 6.07) is 2.51. The fraction of sp³-hybridized carbons (Fsp3) is 0.250. The van der Waals surface area contributed by atoms with Crippen molar-refractivity contribution >= 4 is 23.7 Å². The van der Waals surface area contributed by atoms with Gasteiger partial charge < -0.3 is 20.1 Å². The SMILES string of the molecule is COC(=O)CN(C)C(=O)Nc1ccc(C(=O)O)c(F)c1. The largest absolute Gasteiger partial charge is 0.478 e. The highest BCUT2D eigenvalue weighted by Crippen LogP contribution is 2.15. The lowest BCUT2D eigenvalue weighted by atomic mass is 10.2. The van der Waals surface area contributed by atoms with Gasteiger partial charge in [-0.3, -0.25) is 4.79 Å². The van der Waals surface area contributed by atoms with Gasteiger partial charge in [0.1, 0.15) is 12.4 Å². The molecule has 2 amide bonds. The van der Waals surface area contributed by atoms with Crippen LogP contribution < -0.4 is 5.32 Å². The van der Waals surface area contributed by atoms with Crippen molar-refractivity contribution in [3.63, 3.8) is 0 Å². The molecular weight excluding hydrogens is 271 g/mol. The van der Waals surface area contributed by atoms with Gasteiger partial charge in [-0.25, -0.2) is 14.0 Å². The summed E-state index contributed by atoms with van der Waals surface area (Å²) in [4.78, 5) is 34.3. The summed E-state index contributed by atoms with van der Waals surface area (Å²) >= 11 is 0. The molecular formula is C12H13FN2O5. The van der Waals surface area contributed by atoms with Crippen molar-refractivity contribution in [1.29, 1.82) is 0 Å². The first-order valence-electron chi connectivity index (χ1n) is 5.47. The Morgan fingerprint density at radius 3 is 2.55 bits per heavy atom. The zero-order valence-electron chi connectivity index (χ0n) is 10.8. The number of hydrogen-bond acceptors (Lipinski definition) is 4. The first kappa shape index (κ1) is 15.4. The Kier molecular flexibility index (Phi) is 5.01. The Labute approximate surface area is 113 Å². The summed E-state index contributed by atoms with van der Waals surface area (Å²) in [5, 5.41) is 11.0. The van der Waals surface area contributed by atoms with Gasteiger partial charge in [-0.2, -0.15) is 0 Å². The molecule has 0 saturated carbocycles. The molecule has 1 rings (SSSR count). The Hall–Kier alpha value is -2.64. The number of hydrogen-bond donors (Lipinski definition) is 2. The average Bonchev–Trinajstić information content (AvgIpc) is 2.37. The number of nitrogens with zero attached hydrogens (tertiary/aromatic N) is 1. The number of esters is 1. The van der Waals surface area contributed by atoms with Gasteiger partial charge in [-0.05, 0) is 18.2 Å². The number of carboxylic acids is 1. The number of anilines is 1.